The number of hydrogen-bond donors (Lipinski definition) is 1. The number of benzene rings is 2. The Morgan fingerprint density at radius 1 is 1.14 bits per heavy atom. The average Bonchev–Trinajstić information content (AvgIpc) is 2.47. The number of halogens is 3. The van der Waals surface area contributed by atoms with E-state index in [2.05, 4.69) is 5.32 Å². The van der Waals surface area contributed by atoms with Crippen molar-refractivity contribution in [3.63, 3.8) is 0 Å². The topological polar surface area (TPSA) is 21.3 Å². The van der Waals surface area contributed by atoms with E-state index in [1.54, 1.807) is 13.1 Å². The van der Waals surface area contributed by atoms with Gasteiger partial charge in [-0.15, -0.1) is 0 Å². The lowest BCUT2D eigenvalue weighted by molar-refractivity contribution is 0.333. The Morgan fingerprint density at radius 2 is 1.86 bits per heavy atom. The molecule has 0 fully saturated rings. The maximum atomic E-state index is 14.1. The summed E-state index contributed by atoms with van der Waals surface area (Å²) in [6.07, 6.45) is 0. The van der Waals surface area contributed by atoms with Crippen LogP contribution in [0.1, 0.15) is 24.1 Å². The fraction of sp³-hybridized carbons (Fsp3) is 0.250. The van der Waals surface area contributed by atoms with Crippen LogP contribution in [0.3, 0.4) is 0 Å². The molecule has 2 aromatic carbocycles. The minimum absolute atomic E-state index is 0.187. The van der Waals surface area contributed by atoms with E-state index >= 15 is 0 Å². The second kappa shape index (κ2) is 6.87. The smallest absolute Gasteiger partial charge is 0.142 e. The molecule has 0 amide bonds. The lowest BCUT2D eigenvalue weighted by Gasteiger charge is -2.21. The van der Waals surface area contributed by atoms with Gasteiger partial charge in [0.05, 0.1) is 17.7 Å². The van der Waals surface area contributed by atoms with Crippen molar-refractivity contribution in [2.24, 2.45) is 0 Å². The van der Waals surface area contributed by atoms with E-state index in [4.69, 9.17) is 16.3 Å². The van der Waals surface area contributed by atoms with E-state index in [0.717, 1.165) is 17.7 Å². The van der Waals surface area contributed by atoms with Gasteiger partial charge in [-0.25, -0.2) is 8.78 Å². The lowest BCUT2D eigenvalue weighted by Crippen LogP contribution is -2.20. The number of rotatable bonds is 5. The molecule has 21 heavy (non-hydrogen) atoms. The minimum Gasteiger partial charge on any atom is -0.494 e. The van der Waals surface area contributed by atoms with Crippen LogP contribution in [-0.4, -0.2) is 13.7 Å². The molecular formula is C16H16ClF2NO. The number of nitrogens with one attached hydrogen (secondary N) is 1. The second-order valence-electron chi connectivity index (χ2n) is 4.48. The molecule has 0 aliphatic carbocycles. The SMILES string of the molecule is CCOc1ccccc1C(NC)c1cc(F)c(Cl)cc1F. The summed E-state index contributed by atoms with van der Waals surface area (Å²) in [6.45, 7) is 2.36. The summed E-state index contributed by atoms with van der Waals surface area (Å²) in [5, 5.41) is 2.76. The molecule has 1 unspecified atom stereocenters. The lowest BCUT2D eigenvalue weighted by atomic mass is 9.97. The van der Waals surface area contributed by atoms with Crippen LogP contribution < -0.4 is 10.1 Å². The van der Waals surface area contributed by atoms with Gasteiger partial charge in [0.25, 0.3) is 0 Å². The molecule has 2 nitrogen and oxygen atoms in total. The summed E-state index contributed by atoms with van der Waals surface area (Å²) in [7, 11) is 1.68. The molecule has 0 aliphatic rings. The van der Waals surface area contributed by atoms with Gasteiger partial charge >= 0.3 is 0 Å². The second-order valence-corrected chi connectivity index (χ2v) is 4.89. The van der Waals surface area contributed by atoms with Crippen molar-refractivity contribution in [3.05, 3.63) is 64.2 Å². The van der Waals surface area contributed by atoms with Gasteiger partial charge in [-0.05, 0) is 32.2 Å². The molecule has 2 rings (SSSR count). The number of ether oxygens (including phenoxy) is 1. The summed E-state index contributed by atoms with van der Waals surface area (Å²) in [4.78, 5) is 0. The quantitative estimate of drug-likeness (QED) is 0.830. The molecule has 0 bridgehead atoms. The summed E-state index contributed by atoms with van der Waals surface area (Å²) in [5.74, 6) is -0.580. The monoisotopic (exact) mass is 311 g/mol. The van der Waals surface area contributed by atoms with Crippen molar-refractivity contribution in [2.75, 3.05) is 13.7 Å². The third-order valence-corrected chi connectivity index (χ3v) is 3.46. The van der Waals surface area contributed by atoms with Crippen LogP contribution in [0.2, 0.25) is 5.02 Å². The molecule has 0 heterocycles. The van der Waals surface area contributed by atoms with Crippen LogP contribution >= 0.6 is 11.6 Å². The highest BCUT2D eigenvalue weighted by atomic mass is 35.5. The maximum Gasteiger partial charge on any atom is 0.142 e. The van der Waals surface area contributed by atoms with Crippen LogP contribution in [0.4, 0.5) is 8.78 Å². The molecule has 1 N–H and O–H groups in total. The van der Waals surface area contributed by atoms with Crippen molar-refractivity contribution >= 4 is 11.6 Å². The van der Waals surface area contributed by atoms with Crippen LogP contribution in [0, 0.1) is 11.6 Å². The Kier molecular flexibility index (Phi) is 5.15. The van der Waals surface area contributed by atoms with Crippen LogP contribution in [0.15, 0.2) is 36.4 Å². The molecule has 2 aromatic rings. The normalized spacial score (nSPS) is 12.2. The van der Waals surface area contributed by atoms with Gasteiger partial charge in [0.1, 0.15) is 17.4 Å². The Hall–Kier alpha value is -1.65. The highest BCUT2D eigenvalue weighted by molar-refractivity contribution is 6.30. The van der Waals surface area contributed by atoms with E-state index < -0.39 is 17.7 Å². The Labute approximate surface area is 127 Å². The van der Waals surface area contributed by atoms with Gasteiger partial charge in [-0.1, -0.05) is 29.8 Å². The van der Waals surface area contributed by atoms with Crippen molar-refractivity contribution in [3.8, 4) is 5.75 Å². The van der Waals surface area contributed by atoms with Gasteiger partial charge < -0.3 is 10.1 Å². The van der Waals surface area contributed by atoms with Crippen LogP contribution in [0.25, 0.3) is 0 Å². The van der Waals surface area contributed by atoms with Crippen molar-refractivity contribution in [1.82, 2.24) is 5.32 Å². The standard InChI is InChI=1S/C16H16ClF2NO/c1-3-21-15-7-5-4-6-10(15)16(20-2)11-8-14(19)12(17)9-13(11)18/h4-9,16,20H,3H2,1-2H3. The zero-order valence-electron chi connectivity index (χ0n) is 11.8. The van der Waals surface area contributed by atoms with Gasteiger partial charge in [0.15, 0.2) is 0 Å². The van der Waals surface area contributed by atoms with E-state index in [0.29, 0.717) is 12.4 Å². The molecule has 0 radical (unpaired) electrons. The van der Waals surface area contributed by atoms with E-state index in [-0.39, 0.29) is 10.6 Å². The fourth-order valence-corrected chi connectivity index (χ4v) is 2.39. The van der Waals surface area contributed by atoms with Gasteiger partial charge in [-0.3, -0.25) is 0 Å². The van der Waals surface area contributed by atoms with Crippen molar-refractivity contribution in [2.45, 2.75) is 13.0 Å². The first-order chi connectivity index (χ1) is 10.1. The summed E-state index contributed by atoms with van der Waals surface area (Å²) in [6, 6.07) is 8.85. The first kappa shape index (κ1) is 15.7. The van der Waals surface area contributed by atoms with Crippen LogP contribution in [-0.2, 0) is 0 Å². The predicted octanol–water partition coefficient (Wildman–Crippen LogP) is 4.33. The van der Waals surface area contributed by atoms with E-state index in [9.17, 15) is 8.78 Å². The predicted molar refractivity (Wildman–Crippen MR) is 79.9 cm³/mol. The first-order valence-electron chi connectivity index (χ1n) is 6.61. The minimum atomic E-state index is -0.651. The number of para-hydroxylation sites is 1. The molecular weight excluding hydrogens is 296 g/mol. The Balaban J connectivity index is 2.52. The summed E-state index contributed by atoms with van der Waals surface area (Å²) in [5.41, 5.74) is 0.925. The van der Waals surface area contributed by atoms with Crippen molar-refractivity contribution in [1.29, 1.82) is 0 Å². The summed E-state index contributed by atoms with van der Waals surface area (Å²) < 4.78 is 33.4. The van der Waals surface area contributed by atoms with Gasteiger partial charge in [-0.2, -0.15) is 0 Å². The molecule has 1 atom stereocenters. The van der Waals surface area contributed by atoms with Gasteiger partial charge in [0.2, 0.25) is 0 Å². The average molecular weight is 312 g/mol. The summed E-state index contributed by atoms with van der Waals surface area (Å²) >= 11 is 5.60. The zero-order chi connectivity index (χ0) is 15.4. The fourth-order valence-electron chi connectivity index (χ4n) is 2.24. The molecule has 112 valence electrons. The third kappa shape index (κ3) is 3.34. The highest BCUT2D eigenvalue weighted by Crippen LogP contribution is 2.33. The van der Waals surface area contributed by atoms with Crippen LogP contribution in [0.5, 0.6) is 5.75 Å². The van der Waals surface area contributed by atoms with E-state index in [1.165, 1.54) is 0 Å². The molecule has 0 spiro atoms. The third-order valence-electron chi connectivity index (χ3n) is 3.17. The van der Waals surface area contributed by atoms with Crippen molar-refractivity contribution < 1.29 is 13.5 Å². The Morgan fingerprint density at radius 3 is 2.52 bits per heavy atom. The largest absolute Gasteiger partial charge is 0.494 e. The molecule has 5 heteroatoms. The Bertz CT molecular complexity index is 634. The highest BCUT2D eigenvalue weighted by Gasteiger charge is 2.21. The first-order valence-corrected chi connectivity index (χ1v) is 6.99. The zero-order valence-corrected chi connectivity index (χ0v) is 12.5. The molecule has 0 aromatic heterocycles. The van der Waals surface area contributed by atoms with Gasteiger partial charge in [0, 0.05) is 11.1 Å². The molecule has 0 saturated carbocycles. The molecule has 0 aliphatic heterocycles. The number of hydrogen-bond acceptors (Lipinski definition) is 2. The maximum absolute atomic E-state index is 14.1. The molecule has 0 saturated heterocycles. The van der Waals surface area contributed by atoms with E-state index in [1.807, 2.05) is 25.1 Å².